The second-order valence-electron chi connectivity index (χ2n) is 5.07. The maximum Gasteiger partial charge on any atom is 0.258 e. The van der Waals surface area contributed by atoms with Crippen LogP contribution in [-0.4, -0.2) is 25.6 Å². The molecule has 1 atom stereocenters. The van der Waals surface area contributed by atoms with Gasteiger partial charge in [-0.3, -0.25) is 4.79 Å². The first kappa shape index (κ1) is 17.4. The van der Waals surface area contributed by atoms with Crippen molar-refractivity contribution in [2.45, 2.75) is 45.7 Å². The molecule has 21 heavy (non-hydrogen) atoms. The average Bonchev–Trinajstić information content (AvgIpc) is 2.50. The van der Waals surface area contributed by atoms with Gasteiger partial charge in [0.15, 0.2) is 18.2 Å². The molecule has 0 aromatic heterocycles. The van der Waals surface area contributed by atoms with E-state index in [2.05, 4.69) is 10.6 Å². The first-order valence-electron chi connectivity index (χ1n) is 7.40. The van der Waals surface area contributed by atoms with Crippen molar-refractivity contribution >= 4 is 5.91 Å². The summed E-state index contributed by atoms with van der Waals surface area (Å²) in [5.41, 5.74) is 0.837. The van der Waals surface area contributed by atoms with E-state index in [1.165, 1.54) is 6.07 Å². The summed E-state index contributed by atoms with van der Waals surface area (Å²) in [6.45, 7) is 5.79. The summed E-state index contributed by atoms with van der Waals surface area (Å²) < 4.78 is 19.2. The van der Waals surface area contributed by atoms with Gasteiger partial charge in [-0.15, -0.1) is 0 Å². The molecule has 1 aromatic carbocycles. The topological polar surface area (TPSA) is 50.4 Å². The normalized spacial score (nSPS) is 12.3. The number of benzene rings is 1. The minimum Gasteiger partial charge on any atom is -0.481 e. The number of hydrogen-bond donors (Lipinski definition) is 2. The van der Waals surface area contributed by atoms with Crippen LogP contribution in [0, 0.1) is 5.82 Å². The van der Waals surface area contributed by atoms with E-state index in [0.717, 1.165) is 18.4 Å². The monoisotopic (exact) mass is 296 g/mol. The Morgan fingerprint density at radius 2 is 2.00 bits per heavy atom. The molecule has 0 aliphatic heterocycles. The van der Waals surface area contributed by atoms with Crippen molar-refractivity contribution in [3.05, 3.63) is 29.6 Å². The zero-order chi connectivity index (χ0) is 15.8. The number of nitrogens with one attached hydrogen (secondary N) is 2. The molecule has 1 aromatic rings. The number of ether oxygens (including phenoxy) is 1. The largest absolute Gasteiger partial charge is 0.481 e. The van der Waals surface area contributed by atoms with Crippen molar-refractivity contribution < 1.29 is 13.9 Å². The van der Waals surface area contributed by atoms with Crippen LogP contribution in [0.5, 0.6) is 5.75 Å². The fourth-order valence-electron chi connectivity index (χ4n) is 1.98. The van der Waals surface area contributed by atoms with E-state index >= 15 is 0 Å². The molecule has 0 aliphatic carbocycles. The molecule has 1 rings (SSSR count). The van der Waals surface area contributed by atoms with E-state index in [1.54, 1.807) is 12.1 Å². The third-order valence-electron chi connectivity index (χ3n) is 3.60. The Morgan fingerprint density at radius 3 is 2.52 bits per heavy atom. The van der Waals surface area contributed by atoms with E-state index in [1.807, 2.05) is 27.8 Å². The number of rotatable bonds is 8. The molecule has 0 radical (unpaired) electrons. The summed E-state index contributed by atoms with van der Waals surface area (Å²) in [5, 5.41) is 5.89. The van der Waals surface area contributed by atoms with Crippen LogP contribution in [0.3, 0.4) is 0 Å². The number of carbonyl (C=O) groups excluding carboxylic acids is 1. The summed E-state index contributed by atoms with van der Waals surface area (Å²) >= 11 is 0. The van der Waals surface area contributed by atoms with Gasteiger partial charge in [0.05, 0.1) is 0 Å². The van der Waals surface area contributed by atoms with Crippen molar-refractivity contribution in [2.75, 3.05) is 13.7 Å². The van der Waals surface area contributed by atoms with Gasteiger partial charge in [-0.2, -0.15) is 0 Å². The highest BCUT2D eigenvalue weighted by molar-refractivity contribution is 5.77. The second kappa shape index (κ2) is 8.62. The highest BCUT2D eigenvalue weighted by Gasteiger charge is 2.12. The van der Waals surface area contributed by atoms with Gasteiger partial charge in [-0.25, -0.2) is 4.39 Å². The number of hydrogen-bond acceptors (Lipinski definition) is 3. The summed E-state index contributed by atoms with van der Waals surface area (Å²) in [5.74, 6) is -0.581. The molecule has 1 amide bonds. The van der Waals surface area contributed by atoms with Crippen LogP contribution in [0.15, 0.2) is 18.2 Å². The molecule has 4 nitrogen and oxygen atoms in total. The Balaban J connectivity index is 2.58. The Labute approximate surface area is 126 Å². The fraction of sp³-hybridized carbons (Fsp3) is 0.562. The molecule has 0 heterocycles. The lowest BCUT2D eigenvalue weighted by molar-refractivity contribution is -0.123. The van der Waals surface area contributed by atoms with Gasteiger partial charge in [0.25, 0.3) is 5.91 Å². The standard InChI is InChI=1S/C16H25FN2O2/c1-5-13(6-2)19-16(20)10-21-15-8-7-12(9-14(15)17)11(3)18-4/h7-9,11,13,18H,5-6,10H2,1-4H3,(H,19,20). The van der Waals surface area contributed by atoms with Crippen molar-refractivity contribution in [1.82, 2.24) is 10.6 Å². The van der Waals surface area contributed by atoms with Crippen LogP contribution in [0.2, 0.25) is 0 Å². The molecular formula is C16H25FN2O2. The molecule has 118 valence electrons. The first-order valence-corrected chi connectivity index (χ1v) is 7.40. The predicted molar refractivity (Wildman–Crippen MR) is 81.9 cm³/mol. The number of amides is 1. The van der Waals surface area contributed by atoms with Gasteiger partial charge < -0.3 is 15.4 Å². The van der Waals surface area contributed by atoms with Gasteiger partial charge in [0.2, 0.25) is 0 Å². The van der Waals surface area contributed by atoms with Gasteiger partial charge in [-0.05, 0) is 44.5 Å². The summed E-state index contributed by atoms with van der Waals surface area (Å²) in [7, 11) is 1.81. The average molecular weight is 296 g/mol. The van der Waals surface area contributed by atoms with E-state index in [9.17, 15) is 9.18 Å². The Morgan fingerprint density at radius 1 is 1.33 bits per heavy atom. The Bertz CT molecular complexity index is 462. The zero-order valence-electron chi connectivity index (χ0n) is 13.2. The second-order valence-corrected chi connectivity index (χ2v) is 5.07. The first-order chi connectivity index (χ1) is 10.0. The van der Waals surface area contributed by atoms with E-state index in [4.69, 9.17) is 4.74 Å². The van der Waals surface area contributed by atoms with Gasteiger partial charge >= 0.3 is 0 Å². The zero-order valence-corrected chi connectivity index (χ0v) is 13.2. The van der Waals surface area contributed by atoms with Crippen molar-refractivity contribution in [3.8, 4) is 5.75 Å². The molecule has 5 heteroatoms. The lowest BCUT2D eigenvalue weighted by Gasteiger charge is -2.16. The van der Waals surface area contributed by atoms with Crippen molar-refractivity contribution in [1.29, 1.82) is 0 Å². The van der Waals surface area contributed by atoms with Gasteiger partial charge in [-0.1, -0.05) is 19.9 Å². The van der Waals surface area contributed by atoms with Crippen LogP contribution in [-0.2, 0) is 4.79 Å². The maximum absolute atomic E-state index is 13.9. The maximum atomic E-state index is 13.9. The smallest absolute Gasteiger partial charge is 0.258 e. The summed E-state index contributed by atoms with van der Waals surface area (Å²) in [6, 6.07) is 4.98. The van der Waals surface area contributed by atoms with Crippen molar-refractivity contribution in [3.63, 3.8) is 0 Å². The molecule has 2 N–H and O–H groups in total. The lowest BCUT2D eigenvalue weighted by atomic mass is 10.1. The molecule has 0 aliphatic rings. The van der Waals surface area contributed by atoms with E-state index in [-0.39, 0.29) is 30.3 Å². The molecule has 0 fully saturated rings. The minimum absolute atomic E-state index is 0.0618. The lowest BCUT2D eigenvalue weighted by Crippen LogP contribution is -2.37. The number of halogens is 1. The van der Waals surface area contributed by atoms with Crippen LogP contribution < -0.4 is 15.4 Å². The van der Waals surface area contributed by atoms with Crippen LogP contribution >= 0.6 is 0 Å². The highest BCUT2D eigenvalue weighted by Crippen LogP contribution is 2.21. The molecule has 0 saturated carbocycles. The number of carbonyl (C=O) groups is 1. The van der Waals surface area contributed by atoms with E-state index in [0.29, 0.717) is 0 Å². The van der Waals surface area contributed by atoms with Crippen LogP contribution in [0.25, 0.3) is 0 Å². The third-order valence-corrected chi connectivity index (χ3v) is 3.60. The fourth-order valence-corrected chi connectivity index (χ4v) is 1.98. The van der Waals surface area contributed by atoms with Gasteiger partial charge in [0.1, 0.15) is 0 Å². The SMILES string of the molecule is CCC(CC)NC(=O)COc1ccc(C(C)NC)cc1F. The van der Waals surface area contributed by atoms with Gasteiger partial charge in [0, 0.05) is 12.1 Å². The molecule has 1 unspecified atom stereocenters. The molecule has 0 saturated heterocycles. The van der Waals surface area contributed by atoms with Crippen molar-refractivity contribution in [2.24, 2.45) is 0 Å². The van der Waals surface area contributed by atoms with Crippen LogP contribution in [0.4, 0.5) is 4.39 Å². The Hall–Kier alpha value is -1.62. The minimum atomic E-state index is -0.454. The summed E-state index contributed by atoms with van der Waals surface area (Å²) in [6.07, 6.45) is 1.74. The Kier molecular flexibility index (Phi) is 7.15. The van der Waals surface area contributed by atoms with Crippen LogP contribution in [0.1, 0.15) is 45.2 Å². The highest BCUT2D eigenvalue weighted by atomic mass is 19.1. The molecule has 0 spiro atoms. The molecular weight excluding hydrogens is 271 g/mol. The quantitative estimate of drug-likeness (QED) is 0.775. The van der Waals surface area contributed by atoms with E-state index < -0.39 is 5.82 Å². The predicted octanol–water partition coefficient (Wildman–Crippen LogP) is 2.79. The summed E-state index contributed by atoms with van der Waals surface area (Å²) in [4.78, 5) is 11.7. The third kappa shape index (κ3) is 5.34. The molecule has 0 bridgehead atoms.